The Morgan fingerprint density at radius 1 is 1.24 bits per heavy atom. The molecule has 0 heterocycles. The van der Waals surface area contributed by atoms with Crippen LogP contribution in [0.15, 0.2) is 24.3 Å². The fourth-order valence-electron chi connectivity index (χ4n) is 2.18. The highest BCUT2D eigenvalue weighted by Crippen LogP contribution is 2.29. The maximum absolute atomic E-state index is 12.9. The summed E-state index contributed by atoms with van der Waals surface area (Å²) in [7, 11) is 0. The molecule has 0 radical (unpaired) electrons. The van der Waals surface area contributed by atoms with E-state index in [1.165, 1.54) is 12.1 Å². The Balaban J connectivity index is 1.90. The van der Waals surface area contributed by atoms with Crippen LogP contribution in [0.5, 0.6) is 0 Å². The van der Waals surface area contributed by atoms with Crippen molar-refractivity contribution in [1.82, 2.24) is 4.90 Å². The molecular weight excluding hydrogens is 273 g/mol. The molecule has 0 aliphatic heterocycles. The molecule has 2 rings (SSSR count). The number of ether oxygens (including phenoxy) is 1. The number of hydrogen-bond acceptors (Lipinski definition) is 3. The van der Waals surface area contributed by atoms with Gasteiger partial charge >= 0.3 is 5.97 Å². The van der Waals surface area contributed by atoms with Crippen molar-refractivity contribution in [2.45, 2.75) is 45.2 Å². The van der Waals surface area contributed by atoms with Gasteiger partial charge in [-0.3, -0.25) is 9.59 Å². The van der Waals surface area contributed by atoms with Gasteiger partial charge in [0.2, 0.25) is 5.91 Å². The molecular formula is C16H20FNO3. The van der Waals surface area contributed by atoms with Crippen molar-refractivity contribution in [2.24, 2.45) is 0 Å². The van der Waals surface area contributed by atoms with E-state index in [1.807, 2.05) is 0 Å². The Bertz CT molecular complexity index is 497. The second-order valence-corrected chi connectivity index (χ2v) is 5.18. The van der Waals surface area contributed by atoms with Crippen molar-refractivity contribution in [3.63, 3.8) is 0 Å². The SMILES string of the molecule is CCOC(=O)CCC(=O)N(Cc1ccc(F)cc1)C1CC1. The molecule has 0 saturated heterocycles. The molecule has 0 N–H and O–H groups in total. The van der Waals surface area contributed by atoms with E-state index in [-0.39, 0.29) is 36.6 Å². The second kappa shape index (κ2) is 7.20. The molecule has 0 unspecified atom stereocenters. The van der Waals surface area contributed by atoms with E-state index in [9.17, 15) is 14.0 Å². The molecule has 114 valence electrons. The molecule has 4 nitrogen and oxygen atoms in total. The van der Waals surface area contributed by atoms with Gasteiger partial charge in [-0.1, -0.05) is 12.1 Å². The standard InChI is InChI=1S/C16H20FNO3/c1-2-21-16(20)10-9-15(19)18(14-7-8-14)11-12-3-5-13(17)6-4-12/h3-6,14H,2,7-11H2,1H3. The summed E-state index contributed by atoms with van der Waals surface area (Å²) in [6, 6.07) is 6.41. The first-order valence-corrected chi connectivity index (χ1v) is 7.29. The lowest BCUT2D eigenvalue weighted by Crippen LogP contribution is -2.32. The molecule has 5 heteroatoms. The normalized spacial score (nSPS) is 13.8. The van der Waals surface area contributed by atoms with Gasteiger partial charge in [0.1, 0.15) is 5.82 Å². The maximum Gasteiger partial charge on any atom is 0.306 e. The van der Waals surface area contributed by atoms with Gasteiger partial charge in [-0.15, -0.1) is 0 Å². The monoisotopic (exact) mass is 293 g/mol. The molecule has 1 aliphatic carbocycles. The van der Waals surface area contributed by atoms with Gasteiger partial charge in [-0.05, 0) is 37.5 Å². The first kappa shape index (κ1) is 15.5. The third-order valence-electron chi connectivity index (χ3n) is 3.42. The summed E-state index contributed by atoms with van der Waals surface area (Å²) in [5, 5.41) is 0. The fraction of sp³-hybridized carbons (Fsp3) is 0.500. The second-order valence-electron chi connectivity index (χ2n) is 5.18. The summed E-state index contributed by atoms with van der Waals surface area (Å²) in [4.78, 5) is 25.3. The third kappa shape index (κ3) is 4.85. The first-order chi connectivity index (χ1) is 10.1. The van der Waals surface area contributed by atoms with Gasteiger partial charge < -0.3 is 9.64 Å². The molecule has 1 saturated carbocycles. The Kier molecular flexibility index (Phi) is 5.31. The highest BCUT2D eigenvalue weighted by atomic mass is 19.1. The van der Waals surface area contributed by atoms with Crippen molar-refractivity contribution in [1.29, 1.82) is 0 Å². The van der Waals surface area contributed by atoms with Crippen LogP contribution in [0, 0.1) is 5.82 Å². The van der Waals surface area contributed by atoms with Crippen molar-refractivity contribution in [3.8, 4) is 0 Å². The Hall–Kier alpha value is -1.91. The number of hydrogen-bond donors (Lipinski definition) is 0. The lowest BCUT2D eigenvalue weighted by Gasteiger charge is -2.22. The maximum atomic E-state index is 12.9. The largest absolute Gasteiger partial charge is 0.466 e. The minimum Gasteiger partial charge on any atom is -0.466 e. The number of benzene rings is 1. The third-order valence-corrected chi connectivity index (χ3v) is 3.42. The average Bonchev–Trinajstić information content (AvgIpc) is 3.29. The molecule has 21 heavy (non-hydrogen) atoms. The zero-order valence-corrected chi connectivity index (χ0v) is 12.2. The minimum atomic E-state index is -0.344. The Morgan fingerprint density at radius 3 is 2.48 bits per heavy atom. The number of rotatable bonds is 7. The van der Waals surface area contributed by atoms with Crippen molar-refractivity contribution >= 4 is 11.9 Å². The zero-order chi connectivity index (χ0) is 15.2. The highest BCUT2D eigenvalue weighted by Gasteiger charge is 2.32. The van der Waals surface area contributed by atoms with E-state index in [1.54, 1.807) is 24.0 Å². The summed E-state index contributed by atoms with van der Waals surface area (Å²) >= 11 is 0. The predicted octanol–water partition coefficient (Wildman–Crippen LogP) is 2.66. The van der Waals surface area contributed by atoms with E-state index in [0.29, 0.717) is 13.2 Å². The van der Waals surface area contributed by atoms with Crippen LogP contribution in [0.1, 0.15) is 38.2 Å². The molecule has 1 aromatic rings. The van der Waals surface area contributed by atoms with Crippen LogP contribution in [-0.4, -0.2) is 29.4 Å². The molecule has 1 aliphatic rings. The molecule has 0 aromatic heterocycles. The van der Waals surface area contributed by atoms with Crippen molar-refractivity contribution in [2.75, 3.05) is 6.61 Å². The van der Waals surface area contributed by atoms with Crippen LogP contribution in [0.3, 0.4) is 0 Å². The smallest absolute Gasteiger partial charge is 0.306 e. The summed E-state index contributed by atoms with van der Waals surface area (Å²) in [6.07, 6.45) is 2.26. The Labute approximate surface area is 123 Å². The van der Waals surface area contributed by atoms with Gasteiger partial charge in [-0.25, -0.2) is 4.39 Å². The number of esters is 1. The Morgan fingerprint density at radius 2 is 1.90 bits per heavy atom. The molecule has 0 spiro atoms. The minimum absolute atomic E-state index is 0.0464. The van der Waals surface area contributed by atoms with Crippen LogP contribution in [0.2, 0.25) is 0 Å². The number of halogens is 1. The van der Waals surface area contributed by atoms with Crippen molar-refractivity contribution < 1.29 is 18.7 Å². The molecule has 1 amide bonds. The summed E-state index contributed by atoms with van der Waals surface area (Å²) in [5.41, 5.74) is 0.896. The van der Waals surface area contributed by atoms with Crippen LogP contribution in [-0.2, 0) is 20.9 Å². The number of carbonyl (C=O) groups is 2. The van der Waals surface area contributed by atoms with Crippen molar-refractivity contribution in [3.05, 3.63) is 35.6 Å². The van der Waals surface area contributed by atoms with E-state index in [2.05, 4.69) is 0 Å². The lowest BCUT2D eigenvalue weighted by molar-refractivity contribution is -0.146. The summed E-state index contributed by atoms with van der Waals surface area (Å²) in [5.74, 6) is -0.677. The number of carbonyl (C=O) groups excluding carboxylic acids is 2. The topological polar surface area (TPSA) is 46.6 Å². The molecule has 1 aromatic carbocycles. The van der Waals surface area contributed by atoms with E-state index in [0.717, 1.165) is 18.4 Å². The van der Waals surface area contributed by atoms with Gasteiger partial charge in [0.25, 0.3) is 0 Å². The highest BCUT2D eigenvalue weighted by molar-refractivity contribution is 5.81. The van der Waals surface area contributed by atoms with Gasteiger partial charge in [0, 0.05) is 19.0 Å². The van der Waals surface area contributed by atoms with Crippen LogP contribution >= 0.6 is 0 Å². The van der Waals surface area contributed by atoms with Crippen LogP contribution in [0.25, 0.3) is 0 Å². The first-order valence-electron chi connectivity index (χ1n) is 7.29. The summed E-state index contributed by atoms with van der Waals surface area (Å²) < 4.78 is 17.7. The fourth-order valence-corrected chi connectivity index (χ4v) is 2.18. The van der Waals surface area contributed by atoms with Crippen LogP contribution < -0.4 is 0 Å². The lowest BCUT2D eigenvalue weighted by atomic mass is 10.2. The average molecular weight is 293 g/mol. The predicted molar refractivity (Wildman–Crippen MR) is 75.8 cm³/mol. The van der Waals surface area contributed by atoms with E-state index >= 15 is 0 Å². The zero-order valence-electron chi connectivity index (χ0n) is 12.2. The molecule has 0 bridgehead atoms. The molecule has 1 fully saturated rings. The number of amides is 1. The van der Waals surface area contributed by atoms with E-state index < -0.39 is 0 Å². The van der Waals surface area contributed by atoms with E-state index in [4.69, 9.17) is 4.74 Å². The van der Waals surface area contributed by atoms with Gasteiger partial charge in [-0.2, -0.15) is 0 Å². The van der Waals surface area contributed by atoms with Gasteiger partial charge in [0.15, 0.2) is 0 Å². The number of nitrogens with zero attached hydrogens (tertiary/aromatic N) is 1. The molecule has 0 atom stereocenters. The van der Waals surface area contributed by atoms with Gasteiger partial charge in [0.05, 0.1) is 13.0 Å². The van der Waals surface area contributed by atoms with Crippen LogP contribution in [0.4, 0.5) is 4.39 Å². The quantitative estimate of drug-likeness (QED) is 0.726. The summed E-state index contributed by atoms with van der Waals surface area (Å²) in [6.45, 7) is 2.53.